The Bertz CT molecular complexity index is 1630. The van der Waals surface area contributed by atoms with Gasteiger partial charge in [0.1, 0.15) is 17.2 Å². The van der Waals surface area contributed by atoms with Gasteiger partial charge in [0.2, 0.25) is 0 Å². The molecule has 1 saturated heterocycles. The highest BCUT2D eigenvalue weighted by atomic mass is 35.5. The molecule has 2 aromatic carbocycles. The first-order valence-electron chi connectivity index (χ1n) is 12.4. The zero-order valence-corrected chi connectivity index (χ0v) is 21.7. The van der Waals surface area contributed by atoms with Crippen molar-refractivity contribution >= 4 is 40.2 Å². The van der Waals surface area contributed by atoms with Crippen LogP contribution in [0.2, 0.25) is 5.02 Å². The van der Waals surface area contributed by atoms with Crippen LogP contribution in [0.15, 0.2) is 48.8 Å². The van der Waals surface area contributed by atoms with Crippen LogP contribution in [0.25, 0.3) is 22.2 Å². The van der Waals surface area contributed by atoms with Crippen LogP contribution in [0, 0.1) is 5.82 Å². The first kappa shape index (κ1) is 25.1. The molecule has 4 aromatic rings. The van der Waals surface area contributed by atoms with Crippen molar-refractivity contribution < 1.29 is 28.6 Å². The molecule has 11 heteroatoms. The highest BCUT2D eigenvalue weighted by molar-refractivity contribution is 6.35. The Balaban J connectivity index is 1.36. The number of ether oxygens (including phenoxy) is 2. The molecule has 2 aromatic heterocycles. The van der Waals surface area contributed by atoms with Crippen LogP contribution in [0.1, 0.15) is 26.3 Å². The Hall–Kier alpha value is -4.15. The van der Waals surface area contributed by atoms with Gasteiger partial charge in [-0.3, -0.25) is 4.79 Å². The second-order valence-electron chi connectivity index (χ2n) is 9.47. The zero-order valence-electron chi connectivity index (χ0n) is 21.0. The molecule has 39 heavy (non-hydrogen) atoms. The third-order valence-electron chi connectivity index (χ3n) is 7.13. The Morgan fingerprint density at radius 1 is 1.13 bits per heavy atom. The van der Waals surface area contributed by atoms with Gasteiger partial charge in [-0.15, -0.1) is 0 Å². The molecule has 4 heterocycles. The topological polar surface area (TPSA) is 97.1 Å². The molecule has 200 valence electrons. The standard InChI is InChI=1S/C28H24ClFN4O5/c1-32-6-5-18-24(21(29)13-31-26(18)32)27(35)34-14-16-3-2-4-17(25(16)39-15-34)19-12-23(33-7-9-38-10-8-33)20(28(36)37)11-22(19)30/h2-6,11-13H,7-10,14-15H2,1H3,(H,36,37). The molecule has 9 nitrogen and oxygen atoms in total. The highest BCUT2D eigenvalue weighted by Crippen LogP contribution is 2.40. The maximum absolute atomic E-state index is 15.4. The van der Waals surface area contributed by atoms with Gasteiger partial charge < -0.3 is 28.9 Å². The molecule has 6 rings (SSSR count). The van der Waals surface area contributed by atoms with E-state index in [2.05, 4.69) is 4.98 Å². The number of carbonyl (C=O) groups excluding carboxylic acids is 1. The molecule has 1 fully saturated rings. The quantitative estimate of drug-likeness (QED) is 0.398. The number of halogens is 2. The Labute approximate surface area is 227 Å². The number of carboxylic acid groups (broad SMARTS) is 1. The molecular weight excluding hydrogens is 527 g/mol. The van der Waals surface area contributed by atoms with E-state index >= 15 is 4.39 Å². The van der Waals surface area contributed by atoms with Gasteiger partial charge in [-0.25, -0.2) is 14.2 Å². The molecule has 0 aliphatic carbocycles. The number of rotatable bonds is 4. The lowest BCUT2D eigenvalue weighted by Gasteiger charge is -2.32. The van der Waals surface area contributed by atoms with Gasteiger partial charge in [0, 0.05) is 54.6 Å². The fourth-order valence-corrected chi connectivity index (χ4v) is 5.42. The number of aromatic carboxylic acids is 1. The van der Waals surface area contributed by atoms with Gasteiger partial charge in [-0.2, -0.15) is 0 Å². The fraction of sp³-hybridized carbons (Fsp3) is 0.250. The number of nitrogens with zero attached hydrogens (tertiary/aromatic N) is 4. The minimum absolute atomic E-state index is 0.0685. The minimum Gasteiger partial charge on any atom is -0.478 e. The van der Waals surface area contributed by atoms with E-state index in [0.717, 1.165) is 6.07 Å². The predicted molar refractivity (Wildman–Crippen MR) is 143 cm³/mol. The normalized spacial score (nSPS) is 15.3. The molecule has 0 unspecified atom stereocenters. The van der Waals surface area contributed by atoms with Crippen molar-refractivity contribution in [2.75, 3.05) is 37.9 Å². The highest BCUT2D eigenvalue weighted by Gasteiger charge is 2.30. The van der Waals surface area contributed by atoms with Crippen LogP contribution in [0.5, 0.6) is 5.75 Å². The third kappa shape index (κ3) is 4.35. The number of benzene rings is 2. The Morgan fingerprint density at radius 3 is 2.69 bits per heavy atom. The average molecular weight is 551 g/mol. The number of aryl methyl sites for hydroxylation is 1. The number of hydrogen-bond donors (Lipinski definition) is 1. The molecule has 1 N–H and O–H groups in total. The Kier molecular flexibility index (Phi) is 6.36. The molecule has 2 aliphatic rings. The second-order valence-corrected chi connectivity index (χ2v) is 9.88. The summed E-state index contributed by atoms with van der Waals surface area (Å²) in [4.78, 5) is 33.2. The number of para-hydroxylation sites is 1. The minimum atomic E-state index is -1.20. The number of pyridine rings is 1. The van der Waals surface area contributed by atoms with E-state index in [-0.39, 0.29) is 35.3 Å². The predicted octanol–water partition coefficient (Wildman–Crippen LogP) is 4.56. The summed E-state index contributed by atoms with van der Waals surface area (Å²) in [7, 11) is 1.84. The fourth-order valence-electron chi connectivity index (χ4n) is 5.19. The van der Waals surface area contributed by atoms with E-state index in [1.165, 1.54) is 11.1 Å². The van der Waals surface area contributed by atoms with Gasteiger partial charge in [-0.05, 0) is 18.2 Å². The molecule has 2 aliphatic heterocycles. The first-order chi connectivity index (χ1) is 18.8. The summed E-state index contributed by atoms with van der Waals surface area (Å²) in [6.45, 7) is 2.06. The number of fused-ring (bicyclic) bond motifs is 2. The average Bonchev–Trinajstić information content (AvgIpc) is 3.32. The summed E-state index contributed by atoms with van der Waals surface area (Å²) >= 11 is 6.41. The van der Waals surface area contributed by atoms with Crippen LogP contribution in [-0.4, -0.2) is 64.5 Å². The van der Waals surface area contributed by atoms with Gasteiger partial charge in [0.05, 0.1) is 41.6 Å². The Morgan fingerprint density at radius 2 is 1.92 bits per heavy atom. The number of anilines is 1. The van der Waals surface area contributed by atoms with E-state index < -0.39 is 11.8 Å². The lowest BCUT2D eigenvalue weighted by atomic mass is 9.97. The van der Waals surface area contributed by atoms with Crippen LogP contribution < -0.4 is 9.64 Å². The van der Waals surface area contributed by atoms with Crippen molar-refractivity contribution in [1.82, 2.24) is 14.5 Å². The van der Waals surface area contributed by atoms with Crippen LogP contribution in [0.4, 0.5) is 10.1 Å². The van der Waals surface area contributed by atoms with Crippen LogP contribution in [-0.2, 0) is 18.3 Å². The van der Waals surface area contributed by atoms with Crippen LogP contribution >= 0.6 is 11.6 Å². The molecule has 0 saturated carbocycles. The SMILES string of the molecule is Cn1ccc2c(C(=O)N3COc4c(cccc4-c4cc(N5CCOCC5)c(C(=O)O)cc4F)C3)c(Cl)cnc21. The van der Waals surface area contributed by atoms with Crippen LogP contribution in [0.3, 0.4) is 0 Å². The summed E-state index contributed by atoms with van der Waals surface area (Å²) in [5.74, 6) is -1.73. The number of carbonyl (C=O) groups is 2. The molecule has 0 radical (unpaired) electrons. The molecular formula is C28H24ClFN4O5. The lowest BCUT2D eigenvalue weighted by molar-refractivity contribution is 0.0517. The largest absolute Gasteiger partial charge is 0.478 e. The number of carboxylic acids is 1. The summed E-state index contributed by atoms with van der Waals surface area (Å²) in [6.07, 6.45) is 3.28. The second kappa shape index (κ2) is 9.87. The van der Waals surface area contributed by atoms with Gasteiger partial charge in [0.25, 0.3) is 5.91 Å². The van der Waals surface area contributed by atoms with Gasteiger partial charge >= 0.3 is 5.97 Å². The summed E-state index contributed by atoms with van der Waals surface area (Å²) in [5, 5.41) is 10.6. The summed E-state index contributed by atoms with van der Waals surface area (Å²) < 4.78 is 28.7. The first-order valence-corrected chi connectivity index (χ1v) is 12.7. The van der Waals surface area contributed by atoms with Gasteiger partial charge in [0.15, 0.2) is 6.73 Å². The maximum atomic E-state index is 15.4. The van der Waals surface area contributed by atoms with Crippen molar-refractivity contribution in [2.45, 2.75) is 6.54 Å². The van der Waals surface area contributed by atoms with E-state index in [1.54, 1.807) is 24.3 Å². The number of amides is 1. The van der Waals surface area contributed by atoms with E-state index in [0.29, 0.717) is 65.5 Å². The number of morpholine rings is 1. The van der Waals surface area contributed by atoms with E-state index in [1.807, 2.05) is 28.8 Å². The molecule has 0 bridgehead atoms. The molecule has 0 atom stereocenters. The van der Waals surface area contributed by atoms with Crippen molar-refractivity contribution in [3.63, 3.8) is 0 Å². The number of hydrogen-bond acceptors (Lipinski definition) is 6. The number of aromatic nitrogens is 2. The summed E-state index contributed by atoms with van der Waals surface area (Å²) in [6, 6.07) is 9.72. The monoisotopic (exact) mass is 550 g/mol. The van der Waals surface area contributed by atoms with E-state index in [9.17, 15) is 14.7 Å². The lowest BCUT2D eigenvalue weighted by Crippen LogP contribution is -2.37. The molecule has 1 amide bonds. The third-order valence-corrected chi connectivity index (χ3v) is 7.42. The van der Waals surface area contributed by atoms with Crippen molar-refractivity contribution in [3.8, 4) is 16.9 Å². The smallest absolute Gasteiger partial charge is 0.337 e. The molecule has 0 spiro atoms. The van der Waals surface area contributed by atoms with E-state index in [4.69, 9.17) is 21.1 Å². The van der Waals surface area contributed by atoms with Crippen molar-refractivity contribution in [3.05, 3.63) is 76.3 Å². The maximum Gasteiger partial charge on any atom is 0.337 e. The summed E-state index contributed by atoms with van der Waals surface area (Å²) in [5.41, 5.74) is 2.69. The van der Waals surface area contributed by atoms with Crippen molar-refractivity contribution in [2.24, 2.45) is 7.05 Å². The van der Waals surface area contributed by atoms with Gasteiger partial charge in [-0.1, -0.05) is 29.8 Å². The zero-order chi connectivity index (χ0) is 27.3. The van der Waals surface area contributed by atoms with Crippen molar-refractivity contribution in [1.29, 1.82) is 0 Å².